The summed E-state index contributed by atoms with van der Waals surface area (Å²) in [5, 5.41) is 0. The highest BCUT2D eigenvalue weighted by Crippen LogP contribution is 2.43. The van der Waals surface area contributed by atoms with E-state index in [1.807, 2.05) is 0 Å². The summed E-state index contributed by atoms with van der Waals surface area (Å²) >= 11 is 0. The van der Waals surface area contributed by atoms with E-state index in [0.717, 1.165) is 0 Å². The van der Waals surface area contributed by atoms with Crippen molar-refractivity contribution >= 4 is 5.97 Å². The monoisotopic (exact) mass is 186 g/mol. The number of hydrogen-bond acceptors (Lipinski definition) is 2. The lowest BCUT2D eigenvalue weighted by Gasteiger charge is -2.05. The fourth-order valence-electron chi connectivity index (χ4n) is 2.17. The minimum atomic E-state index is -0.245. The third kappa shape index (κ3) is 4.30. The third-order valence-corrected chi connectivity index (χ3v) is 2.92. The average molecular weight is 186 g/mol. The molecule has 0 aromatic rings. The Labute approximate surface area is 81.7 Å². The van der Waals surface area contributed by atoms with Crippen LogP contribution in [0.5, 0.6) is 0 Å². The molecule has 13 heavy (non-hydrogen) atoms. The molecule has 2 aliphatic rings. The molecule has 2 rings (SSSR count). The summed E-state index contributed by atoms with van der Waals surface area (Å²) in [7, 11) is 1.35. The van der Waals surface area contributed by atoms with E-state index in [1.165, 1.54) is 25.9 Å². The number of ether oxygens (including phenoxy) is 1. The van der Waals surface area contributed by atoms with Gasteiger partial charge >= 0.3 is 5.97 Å². The van der Waals surface area contributed by atoms with Crippen molar-refractivity contribution in [3.63, 3.8) is 0 Å². The number of esters is 1. The first kappa shape index (κ1) is 12.5. The number of methoxy groups -OCH3 is 1. The van der Waals surface area contributed by atoms with Crippen LogP contribution in [0, 0.1) is 11.8 Å². The molecule has 2 bridgehead atoms. The average Bonchev–Trinajstić information content (AvgIpc) is 2.67. The van der Waals surface area contributed by atoms with E-state index in [9.17, 15) is 4.79 Å². The predicted octanol–water partition coefficient (Wildman–Crippen LogP) is 3.01. The molecular weight excluding hydrogens is 164 g/mol. The van der Waals surface area contributed by atoms with Crippen LogP contribution in [0.15, 0.2) is 0 Å². The van der Waals surface area contributed by atoms with Gasteiger partial charge in [0.1, 0.15) is 0 Å². The van der Waals surface area contributed by atoms with Crippen LogP contribution in [0.25, 0.3) is 0 Å². The molecule has 0 spiro atoms. The van der Waals surface area contributed by atoms with Crippen molar-refractivity contribution in [2.24, 2.45) is 11.8 Å². The lowest BCUT2D eigenvalue weighted by atomic mass is 10.0. The van der Waals surface area contributed by atoms with Crippen molar-refractivity contribution in [2.45, 2.75) is 46.5 Å². The lowest BCUT2D eigenvalue weighted by molar-refractivity contribution is -0.137. The van der Waals surface area contributed by atoms with Crippen molar-refractivity contribution in [1.29, 1.82) is 0 Å². The number of carbonyl (C=O) groups excluding carboxylic acids is 1. The molecule has 0 amide bonds. The molecule has 2 heteroatoms. The Kier molecular flexibility index (Phi) is 5.76. The molecule has 2 saturated carbocycles. The van der Waals surface area contributed by atoms with Crippen molar-refractivity contribution in [3.8, 4) is 0 Å². The summed E-state index contributed by atoms with van der Waals surface area (Å²) in [4.78, 5) is 9.59. The van der Waals surface area contributed by atoms with E-state index in [0.29, 0.717) is 0 Å². The van der Waals surface area contributed by atoms with Crippen LogP contribution in [-0.4, -0.2) is 13.1 Å². The highest BCUT2D eigenvalue weighted by molar-refractivity contribution is 5.65. The number of rotatable bonds is 0. The molecule has 0 unspecified atom stereocenters. The first-order valence-corrected chi connectivity index (χ1v) is 4.77. The van der Waals surface area contributed by atoms with E-state index < -0.39 is 0 Å². The highest BCUT2D eigenvalue weighted by atomic mass is 16.5. The fourth-order valence-corrected chi connectivity index (χ4v) is 2.17. The Balaban J connectivity index is 0.000000220. The first-order valence-electron chi connectivity index (χ1n) is 4.77. The maximum Gasteiger partial charge on any atom is 0.302 e. The van der Waals surface area contributed by atoms with Gasteiger partial charge in [0, 0.05) is 6.92 Å². The Morgan fingerprint density at radius 1 is 1.15 bits per heavy atom. The van der Waals surface area contributed by atoms with Gasteiger partial charge in [-0.2, -0.15) is 0 Å². The molecule has 78 valence electrons. The second-order valence-corrected chi connectivity index (χ2v) is 3.82. The normalized spacial score (nSPS) is 28.5. The van der Waals surface area contributed by atoms with Crippen molar-refractivity contribution in [2.75, 3.05) is 7.11 Å². The van der Waals surface area contributed by atoms with Gasteiger partial charge in [0.2, 0.25) is 0 Å². The molecule has 2 nitrogen and oxygen atoms in total. The summed E-state index contributed by atoms with van der Waals surface area (Å²) in [6, 6.07) is 0. The topological polar surface area (TPSA) is 26.3 Å². The summed E-state index contributed by atoms with van der Waals surface area (Å²) in [5.74, 6) is 2.10. The maximum atomic E-state index is 9.59. The van der Waals surface area contributed by atoms with E-state index in [-0.39, 0.29) is 13.4 Å². The molecular formula is C11H22O2. The van der Waals surface area contributed by atoms with E-state index in [2.05, 4.69) is 4.74 Å². The summed E-state index contributed by atoms with van der Waals surface area (Å²) in [6.45, 7) is 1.36. The van der Waals surface area contributed by atoms with Gasteiger partial charge < -0.3 is 4.74 Å². The molecule has 0 heterocycles. The van der Waals surface area contributed by atoms with Crippen molar-refractivity contribution in [3.05, 3.63) is 0 Å². The van der Waals surface area contributed by atoms with Crippen LogP contribution in [0.3, 0.4) is 0 Å². The molecule has 0 aromatic heterocycles. The van der Waals surface area contributed by atoms with Crippen LogP contribution < -0.4 is 0 Å². The van der Waals surface area contributed by atoms with Crippen molar-refractivity contribution in [1.82, 2.24) is 0 Å². The minimum Gasteiger partial charge on any atom is -0.469 e. The van der Waals surface area contributed by atoms with Gasteiger partial charge in [-0.3, -0.25) is 4.79 Å². The summed E-state index contributed by atoms with van der Waals surface area (Å²) in [6.07, 6.45) is 7.82. The van der Waals surface area contributed by atoms with Gasteiger partial charge in [0.15, 0.2) is 0 Å². The number of hydrogen-bond donors (Lipinski definition) is 0. The van der Waals surface area contributed by atoms with E-state index >= 15 is 0 Å². The smallest absolute Gasteiger partial charge is 0.302 e. The molecule has 0 radical (unpaired) electrons. The van der Waals surface area contributed by atoms with Crippen LogP contribution in [0.2, 0.25) is 0 Å². The van der Waals surface area contributed by atoms with E-state index in [4.69, 9.17) is 0 Å². The SMILES string of the molecule is C.C1CC2CCC1C2.COC(C)=O. The van der Waals surface area contributed by atoms with Gasteiger partial charge in [-0.15, -0.1) is 0 Å². The molecule has 0 aromatic carbocycles. The summed E-state index contributed by atoms with van der Waals surface area (Å²) in [5.41, 5.74) is 0. The van der Waals surface area contributed by atoms with Gasteiger partial charge in [-0.1, -0.05) is 33.1 Å². The fraction of sp³-hybridized carbons (Fsp3) is 0.909. The van der Waals surface area contributed by atoms with Crippen LogP contribution in [0.4, 0.5) is 0 Å². The number of fused-ring (bicyclic) bond motifs is 2. The van der Waals surface area contributed by atoms with Gasteiger partial charge in [0.25, 0.3) is 0 Å². The second kappa shape index (κ2) is 6.01. The third-order valence-electron chi connectivity index (χ3n) is 2.92. The van der Waals surface area contributed by atoms with Crippen LogP contribution in [-0.2, 0) is 9.53 Å². The first-order chi connectivity index (χ1) is 5.72. The zero-order valence-corrected chi connectivity index (χ0v) is 8.01. The Morgan fingerprint density at radius 2 is 1.46 bits per heavy atom. The maximum absolute atomic E-state index is 9.59. The Hall–Kier alpha value is -0.530. The number of carbonyl (C=O) groups is 1. The predicted molar refractivity (Wildman–Crippen MR) is 54.5 cm³/mol. The largest absolute Gasteiger partial charge is 0.469 e. The molecule has 0 atom stereocenters. The minimum absolute atomic E-state index is 0. The second-order valence-electron chi connectivity index (χ2n) is 3.82. The Morgan fingerprint density at radius 3 is 1.54 bits per heavy atom. The zero-order valence-electron chi connectivity index (χ0n) is 8.01. The summed E-state index contributed by atoms with van der Waals surface area (Å²) < 4.78 is 4.11. The van der Waals surface area contributed by atoms with Gasteiger partial charge in [-0.05, 0) is 18.3 Å². The molecule has 0 N–H and O–H groups in total. The molecule has 2 fully saturated rings. The Bertz CT molecular complexity index is 136. The van der Waals surface area contributed by atoms with Crippen LogP contribution >= 0.6 is 0 Å². The quantitative estimate of drug-likeness (QED) is 0.544. The van der Waals surface area contributed by atoms with Gasteiger partial charge in [-0.25, -0.2) is 0 Å². The molecule has 0 saturated heterocycles. The standard InChI is InChI=1S/C7H12.C3H6O2.CH4/c1-2-7-4-3-6(1)5-7;1-3(4)5-2;/h6-7H,1-5H2;1-2H3;1H4. The lowest BCUT2D eigenvalue weighted by Crippen LogP contribution is -1.90. The molecule has 0 aliphatic heterocycles. The molecule has 2 aliphatic carbocycles. The van der Waals surface area contributed by atoms with E-state index in [1.54, 1.807) is 32.1 Å². The zero-order chi connectivity index (χ0) is 8.97. The van der Waals surface area contributed by atoms with Crippen molar-refractivity contribution < 1.29 is 9.53 Å². The highest BCUT2D eigenvalue weighted by Gasteiger charge is 2.30. The van der Waals surface area contributed by atoms with Crippen LogP contribution in [0.1, 0.15) is 46.5 Å². The van der Waals surface area contributed by atoms with Gasteiger partial charge in [0.05, 0.1) is 7.11 Å².